The van der Waals surface area contributed by atoms with Crippen LogP contribution in [0.2, 0.25) is 5.02 Å². The van der Waals surface area contributed by atoms with Gasteiger partial charge in [0.25, 0.3) is 0 Å². The lowest BCUT2D eigenvalue weighted by molar-refractivity contribution is -0.141. The highest BCUT2D eigenvalue weighted by molar-refractivity contribution is 6.32. The molecule has 0 spiro atoms. The van der Waals surface area contributed by atoms with Crippen molar-refractivity contribution in [3.63, 3.8) is 0 Å². The molecule has 0 atom stereocenters. The number of hydrogen-bond acceptors (Lipinski definition) is 8. The quantitative estimate of drug-likeness (QED) is 0.211. The molecule has 0 aliphatic rings. The summed E-state index contributed by atoms with van der Waals surface area (Å²) in [5.41, 5.74) is -0.446. The summed E-state index contributed by atoms with van der Waals surface area (Å²) in [5.74, 6) is -2.21. The second-order valence-electron chi connectivity index (χ2n) is 8.28. The number of esters is 2. The third kappa shape index (κ3) is 7.03. The topological polar surface area (TPSA) is 128 Å². The van der Waals surface area contributed by atoms with E-state index in [1.54, 1.807) is 12.1 Å². The Morgan fingerprint density at radius 3 is 1.95 bits per heavy atom. The molecule has 0 radical (unpaired) electrons. The van der Waals surface area contributed by atoms with Crippen LogP contribution in [-0.4, -0.2) is 51.9 Å². The van der Waals surface area contributed by atoms with Gasteiger partial charge in [-0.2, -0.15) is 18.3 Å². The SMILES string of the molecule is COC(=O)c1cc(-c2cc(C(F)(F)F)nn2-c2ccccc2Cl)ccc1O.COC(=O)c1cc(C(C)=O)ccc1O. The summed E-state index contributed by atoms with van der Waals surface area (Å²) in [6.07, 6.45) is -4.68. The fourth-order valence-corrected chi connectivity index (χ4v) is 3.75. The van der Waals surface area contributed by atoms with E-state index in [9.17, 15) is 37.8 Å². The van der Waals surface area contributed by atoms with E-state index in [-0.39, 0.29) is 50.4 Å². The maximum Gasteiger partial charge on any atom is 0.435 e. The summed E-state index contributed by atoms with van der Waals surface area (Å²) in [5, 5.41) is 23.0. The van der Waals surface area contributed by atoms with E-state index in [0.717, 1.165) is 17.9 Å². The van der Waals surface area contributed by atoms with Crippen molar-refractivity contribution in [1.82, 2.24) is 9.78 Å². The van der Waals surface area contributed by atoms with Crippen molar-refractivity contribution >= 4 is 29.3 Å². The van der Waals surface area contributed by atoms with Gasteiger partial charge < -0.3 is 19.7 Å². The Kier molecular flexibility index (Phi) is 9.40. The second kappa shape index (κ2) is 12.6. The van der Waals surface area contributed by atoms with Crippen molar-refractivity contribution in [3.8, 4) is 28.4 Å². The first-order valence-electron chi connectivity index (χ1n) is 11.5. The van der Waals surface area contributed by atoms with Gasteiger partial charge in [-0.05, 0) is 61.5 Å². The second-order valence-corrected chi connectivity index (χ2v) is 8.69. The zero-order valence-electron chi connectivity index (χ0n) is 21.7. The number of ether oxygens (including phenoxy) is 2. The van der Waals surface area contributed by atoms with Crippen LogP contribution < -0.4 is 0 Å². The number of hydrogen-bond donors (Lipinski definition) is 2. The minimum Gasteiger partial charge on any atom is -0.507 e. The van der Waals surface area contributed by atoms with Crippen molar-refractivity contribution < 1.29 is 47.2 Å². The number of alkyl halides is 3. The highest BCUT2D eigenvalue weighted by Gasteiger charge is 2.35. The number of aromatic hydroxyl groups is 2. The summed E-state index contributed by atoms with van der Waals surface area (Å²) >= 11 is 6.11. The van der Waals surface area contributed by atoms with Crippen LogP contribution in [0, 0.1) is 0 Å². The molecule has 214 valence electrons. The maximum atomic E-state index is 13.2. The van der Waals surface area contributed by atoms with Gasteiger partial charge in [0, 0.05) is 11.1 Å². The van der Waals surface area contributed by atoms with Gasteiger partial charge in [0.2, 0.25) is 0 Å². The van der Waals surface area contributed by atoms with Crippen LogP contribution in [0.4, 0.5) is 13.2 Å². The Balaban J connectivity index is 0.000000278. The normalized spacial score (nSPS) is 10.8. The number of aromatic nitrogens is 2. The van der Waals surface area contributed by atoms with E-state index in [1.807, 2.05) is 0 Å². The van der Waals surface area contributed by atoms with E-state index in [2.05, 4.69) is 14.6 Å². The zero-order valence-corrected chi connectivity index (χ0v) is 22.4. The summed E-state index contributed by atoms with van der Waals surface area (Å²) < 4.78 is 49.7. The van der Waals surface area contributed by atoms with Crippen LogP contribution in [0.3, 0.4) is 0 Å². The van der Waals surface area contributed by atoms with Crippen molar-refractivity contribution in [2.45, 2.75) is 13.1 Å². The molecule has 9 nitrogen and oxygen atoms in total. The molecular formula is C28H22ClF3N2O7. The average molecular weight is 591 g/mol. The van der Waals surface area contributed by atoms with Crippen molar-refractivity contribution in [2.24, 2.45) is 0 Å². The van der Waals surface area contributed by atoms with Crippen LogP contribution in [0.1, 0.15) is 43.7 Å². The molecule has 1 heterocycles. The van der Waals surface area contributed by atoms with Crippen molar-refractivity contribution in [2.75, 3.05) is 14.2 Å². The lowest BCUT2D eigenvalue weighted by Gasteiger charge is -2.11. The third-order valence-electron chi connectivity index (χ3n) is 5.59. The largest absolute Gasteiger partial charge is 0.507 e. The number of methoxy groups -OCH3 is 2. The molecule has 0 amide bonds. The van der Waals surface area contributed by atoms with E-state index < -0.39 is 23.8 Å². The Hall–Kier alpha value is -4.84. The Labute approximate surface area is 236 Å². The molecule has 0 fully saturated rings. The van der Waals surface area contributed by atoms with Crippen molar-refractivity contribution in [3.05, 3.63) is 94.1 Å². The van der Waals surface area contributed by atoms with E-state index >= 15 is 0 Å². The minimum atomic E-state index is -4.68. The summed E-state index contributed by atoms with van der Waals surface area (Å²) in [4.78, 5) is 33.9. The molecule has 0 saturated carbocycles. The number of benzene rings is 3. The number of carbonyl (C=O) groups is 3. The minimum absolute atomic E-state index is 0.000185. The number of Topliss-reactive ketones (excluding diaryl/α,β-unsaturated/α-hetero) is 1. The summed E-state index contributed by atoms with van der Waals surface area (Å²) in [6.45, 7) is 1.38. The van der Waals surface area contributed by atoms with Crippen LogP contribution >= 0.6 is 11.6 Å². The number of phenols is 2. The third-order valence-corrected chi connectivity index (χ3v) is 5.91. The number of nitrogens with zero attached hydrogens (tertiary/aromatic N) is 2. The van der Waals surface area contributed by atoms with E-state index in [0.29, 0.717) is 5.56 Å². The molecule has 4 aromatic rings. The fraction of sp³-hybridized carbons (Fsp3) is 0.143. The molecule has 41 heavy (non-hydrogen) atoms. The van der Waals surface area contributed by atoms with Gasteiger partial charge in [-0.3, -0.25) is 4.79 Å². The average Bonchev–Trinajstić information content (AvgIpc) is 3.39. The molecule has 3 aromatic carbocycles. The number of phenolic OH excluding ortho intramolecular Hbond substituents is 2. The molecule has 2 N–H and O–H groups in total. The maximum absolute atomic E-state index is 13.2. The number of ketones is 1. The highest BCUT2D eigenvalue weighted by atomic mass is 35.5. The molecular weight excluding hydrogens is 569 g/mol. The Morgan fingerprint density at radius 1 is 0.854 bits per heavy atom. The molecule has 13 heteroatoms. The van der Waals surface area contributed by atoms with Crippen LogP contribution in [-0.2, 0) is 15.7 Å². The van der Waals surface area contributed by atoms with E-state index in [4.69, 9.17) is 11.6 Å². The van der Waals surface area contributed by atoms with Gasteiger partial charge in [-0.15, -0.1) is 0 Å². The van der Waals surface area contributed by atoms with Crippen LogP contribution in [0.15, 0.2) is 66.7 Å². The van der Waals surface area contributed by atoms with Gasteiger partial charge in [-0.25, -0.2) is 14.3 Å². The Morgan fingerprint density at radius 2 is 1.41 bits per heavy atom. The predicted molar refractivity (Wildman–Crippen MR) is 141 cm³/mol. The van der Waals surface area contributed by atoms with Gasteiger partial charge >= 0.3 is 18.1 Å². The van der Waals surface area contributed by atoms with Gasteiger partial charge in [0.1, 0.15) is 22.6 Å². The smallest absolute Gasteiger partial charge is 0.435 e. The Bertz CT molecular complexity index is 1620. The first-order valence-corrected chi connectivity index (χ1v) is 11.9. The van der Waals surface area contributed by atoms with Crippen LogP contribution in [0.25, 0.3) is 16.9 Å². The van der Waals surface area contributed by atoms with Gasteiger partial charge in [0.05, 0.1) is 30.6 Å². The van der Waals surface area contributed by atoms with Crippen LogP contribution in [0.5, 0.6) is 11.5 Å². The van der Waals surface area contributed by atoms with E-state index in [1.165, 1.54) is 62.6 Å². The number of halogens is 4. The monoisotopic (exact) mass is 590 g/mol. The van der Waals surface area contributed by atoms with Gasteiger partial charge in [0.15, 0.2) is 11.5 Å². The number of rotatable bonds is 5. The molecule has 0 aliphatic carbocycles. The highest BCUT2D eigenvalue weighted by Crippen LogP contribution is 2.35. The van der Waals surface area contributed by atoms with Gasteiger partial charge in [-0.1, -0.05) is 23.7 Å². The predicted octanol–water partition coefficient (Wildman–Crippen LogP) is 6.09. The zero-order chi connectivity index (χ0) is 30.5. The molecule has 0 saturated heterocycles. The number of para-hydroxylation sites is 1. The molecule has 0 unspecified atom stereocenters. The lowest BCUT2D eigenvalue weighted by Crippen LogP contribution is -2.07. The van der Waals surface area contributed by atoms with Crippen molar-refractivity contribution in [1.29, 1.82) is 0 Å². The molecule has 1 aromatic heterocycles. The molecule has 4 rings (SSSR count). The lowest BCUT2D eigenvalue weighted by atomic mass is 10.1. The molecule has 0 bridgehead atoms. The summed E-state index contributed by atoms with van der Waals surface area (Å²) in [7, 11) is 2.34. The molecule has 0 aliphatic heterocycles. The summed E-state index contributed by atoms with van der Waals surface area (Å²) in [6, 6.07) is 15.0. The first-order chi connectivity index (χ1) is 19.3. The number of carbonyl (C=O) groups excluding carboxylic acids is 3. The fourth-order valence-electron chi connectivity index (χ4n) is 3.53. The first kappa shape index (κ1) is 30.7. The standard InChI is InChI=1S/C18H12ClF3N2O3.C10H10O4/c1-27-17(26)11-8-10(6-7-15(11)25)14-9-16(18(20,21)22)23-24(14)13-5-3-2-4-12(13)19;1-6(11)7-3-4-9(12)8(5-7)10(13)14-2/h2-9,25H,1H3;3-5,12H,1-2H3.